The SMILES string of the molecule is C=NN(C)/C=C(\C)c1ccc(Nc2ncc3ccnc(NC4CCN(C)CC4)c3n2)c(OC)c1. The standard InChI is InChI=1S/C25H32N8O/c1-17(16-33(4)26-2)18-6-7-21(22(14-18)34-5)30-25-28-15-19-8-11-27-24(23(19)31-25)29-20-9-12-32(3)13-10-20/h6-8,11,14-16,20H,2,9-10,12-13H2,1,3-5H3,(H,27,29)(H,28,30,31)/b17-16+. The highest BCUT2D eigenvalue weighted by Gasteiger charge is 2.18. The Morgan fingerprint density at radius 3 is 2.79 bits per heavy atom. The van der Waals surface area contributed by atoms with E-state index in [9.17, 15) is 0 Å². The quantitative estimate of drug-likeness (QED) is 0.382. The Kier molecular flexibility index (Phi) is 7.22. The van der Waals surface area contributed by atoms with Crippen molar-refractivity contribution < 1.29 is 4.74 Å². The molecular formula is C25H32N8O. The maximum atomic E-state index is 5.64. The smallest absolute Gasteiger partial charge is 0.227 e. The highest BCUT2D eigenvalue weighted by Crippen LogP contribution is 2.31. The van der Waals surface area contributed by atoms with Crippen LogP contribution in [0.2, 0.25) is 0 Å². The molecule has 4 rings (SSSR count). The first-order valence-corrected chi connectivity index (χ1v) is 11.4. The molecule has 2 aromatic heterocycles. The summed E-state index contributed by atoms with van der Waals surface area (Å²) >= 11 is 0. The van der Waals surface area contributed by atoms with Crippen molar-refractivity contribution in [2.75, 3.05) is 44.9 Å². The van der Waals surface area contributed by atoms with Gasteiger partial charge in [0.05, 0.1) is 12.8 Å². The van der Waals surface area contributed by atoms with Crippen LogP contribution in [-0.4, -0.2) is 71.9 Å². The molecule has 0 spiro atoms. The van der Waals surface area contributed by atoms with Crippen LogP contribution < -0.4 is 15.4 Å². The lowest BCUT2D eigenvalue weighted by molar-refractivity contribution is 0.263. The number of benzene rings is 1. The Labute approximate surface area is 200 Å². The summed E-state index contributed by atoms with van der Waals surface area (Å²) in [4.78, 5) is 16.2. The molecule has 0 radical (unpaired) electrons. The summed E-state index contributed by atoms with van der Waals surface area (Å²) in [5.41, 5.74) is 3.64. The zero-order valence-electron chi connectivity index (χ0n) is 20.2. The first kappa shape index (κ1) is 23.4. The van der Waals surface area contributed by atoms with E-state index in [4.69, 9.17) is 9.72 Å². The number of rotatable bonds is 8. The molecular weight excluding hydrogens is 428 g/mol. The number of nitrogens with zero attached hydrogens (tertiary/aromatic N) is 6. The second-order valence-corrected chi connectivity index (χ2v) is 8.58. The second kappa shape index (κ2) is 10.5. The second-order valence-electron chi connectivity index (χ2n) is 8.58. The van der Waals surface area contributed by atoms with Crippen LogP contribution in [0.1, 0.15) is 25.3 Å². The number of fused-ring (bicyclic) bond motifs is 1. The number of nitrogens with one attached hydrogen (secondary N) is 2. The molecule has 1 aliphatic heterocycles. The van der Waals surface area contributed by atoms with Crippen LogP contribution in [0.15, 0.2) is 48.0 Å². The molecule has 3 aromatic rings. The molecule has 1 saturated heterocycles. The summed E-state index contributed by atoms with van der Waals surface area (Å²) in [7, 11) is 5.65. The molecule has 0 amide bonds. The van der Waals surface area contributed by atoms with Crippen molar-refractivity contribution in [3.05, 3.63) is 48.4 Å². The van der Waals surface area contributed by atoms with Gasteiger partial charge in [-0.2, -0.15) is 5.10 Å². The Bertz CT molecular complexity index is 1190. The first-order valence-electron chi connectivity index (χ1n) is 11.4. The zero-order valence-corrected chi connectivity index (χ0v) is 20.2. The Hall–Kier alpha value is -3.72. The fourth-order valence-electron chi connectivity index (χ4n) is 4.02. The lowest BCUT2D eigenvalue weighted by Gasteiger charge is -2.29. The average Bonchev–Trinajstić information content (AvgIpc) is 2.85. The number of ether oxygens (including phenoxy) is 1. The number of likely N-dealkylation sites (tertiary alicyclic amines) is 1. The van der Waals surface area contributed by atoms with Crippen molar-refractivity contribution in [3.63, 3.8) is 0 Å². The number of methoxy groups -OCH3 is 1. The van der Waals surface area contributed by atoms with E-state index in [0.29, 0.717) is 17.7 Å². The summed E-state index contributed by atoms with van der Waals surface area (Å²) in [6.45, 7) is 7.71. The summed E-state index contributed by atoms with van der Waals surface area (Å²) in [6, 6.07) is 8.27. The lowest BCUT2D eigenvalue weighted by Crippen LogP contribution is -2.36. The van der Waals surface area contributed by atoms with Crippen molar-refractivity contribution in [2.24, 2.45) is 5.10 Å². The summed E-state index contributed by atoms with van der Waals surface area (Å²) in [6.07, 6.45) is 7.69. The van der Waals surface area contributed by atoms with E-state index in [2.05, 4.69) is 44.4 Å². The number of aromatic nitrogens is 3. The highest BCUT2D eigenvalue weighted by atomic mass is 16.5. The minimum Gasteiger partial charge on any atom is -0.495 e. The predicted octanol–water partition coefficient (Wildman–Crippen LogP) is 4.19. The van der Waals surface area contributed by atoms with Crippen LogP contribution >= 0.6 is 0 Å². The van der Waals surface area contributed by atoms with Gasteiger partial charge in [-0.25, -0.2) is 15.0 Å². The van der Waals surface area contributed by atoms with Crippen LogP contribution in [0.3, 0.4) is 0 Å². The molecule has 2 N–H and O–H groups in total. The van der Waals surface area contributed by atoms with E-state index >= 15 is 0 Å². The molecule has 0 bridgehead atoms. The van der Waals surface area contributed by atoms with Crippen molar-refractivity contribution in [1.29, 1.82) is 0 Å². The number of hydrogen-bond donors (Lipinski definition) is 2. The highest BCUT2D eigenvalue weighted by molar-refractivity contribution is 5.88. The fraction of sp³-hybridized carbons (Fsp3) is 0.360. The zero-order chi connectivity index (χ0) is 24.1. The molecule has 1 aliphatic rings. The van der Waals surface area contributed by atoms with Gasteiger partial charge in [0.25, 0.3) is 0 Å². The fourth-order valence-corrected chi connectivity index (χ4v) is 4.02. The molecule has 9 heteroatoms. The van der Waals surface area contributed by atoms with Crippen molar-refractivity contribution >= 4 is 40.6 Å². The Morgan fingerprint density at radius 1 is 1.26 bits per heavy atom. The third-order valence-electron chi connectivity index (χ3n) is 6.07. The van der Waals surface area contributed by atoms with Gasteiger partial charge < -0.3 is 20.3 Å². The van der Waals surface area contributed by atoms with Gasteiger partial charge in [-0.3, -0.25) is 5.01 Å². The monoisotopic (exact) mass is 460 g/mol. The van der Waals surface area contributed by atoms with E-state index in [0.717, 1.165) is 59.5 Å². The number of anilines is 3. The number of pyridine rings is 1. The van der Waals surface area contributed by atoms with Crippen molar-refractivity contribution in [2.45, 2.75) is 25.8 Å². The van der Waals surface area contributed by atoms with Gasteiger partial charge in [0.15, 0.2) is 5.82 Å². The number of piperidine rings is 1. The minimum atomic E-state index is 0.389. The van der Waals surface area contributed by atoms with Gasteiger partial charge in [-0.05, 0) is 69.2 Å². The number of hydrazone groups is 1. The minimum absolute atomic E-state index is 0.389. The third kappa shape index (κ3) is 5.43. The largest absolute Gasteiger partial charge is 0.495 e. The van der Waals surface area contributed by atoms with Crippen molar-refractivity contribution in [3.8, 4) is 5.75 Å². The Morgan fingerprint density at radius 2 is 2.06 bits per heavy atom. The molecule has 9 nitrogen and oxygen atoms in total. The van der Waals surface area contributed by atoms with Crippen LogP contribution in [0.4, 0.5) is 17.5 Å². The van der Waals surface area contributed by atoms with Crippen LogP contribution in [0, 0.1) is 0 Å². The van der Waals surface area contributed by atoms with Crippen LogP contribution in [0.5, 0.6) is 5.75 Å². The molecule has 0 unspecified atom stereocenters. The van der Waals surface area contributed by atoms with Gasteiger partial charge in [0.2, 0.25) is 5.95 Å². The van der Waals surface area contributed by atoms with Crippen molar-refractivity contribution in [1.82, 2.24) is 24.9 Å². The van der Waals surface area contributed by atoms with Gasteiger partial charge >= 0.3 is 0 Å². The van der Waals surface area contributed by atoms with Gasteiger partial charge in [-0.1, -0.05) is 6.07 Å². The van der Waals surface area contributed by atoms with Gasteiger partial charge in [0, 0.05) is 43.8 Å². The maximum Gasteiger partial charge on any atom is 0.227 e. The normalized spacial score (nSPS) is 15.2. The number of allylic oxidation sites excluding steroid dienone is 1. The molecule has 1 fully saturated rings. The molecule has 178 valence electrons. The average molecular weight is 461 g/mol. The first-order chi connectivity index (χ1) is 16.5. The summed E-state index contributed by atoms with van der Waals surface area (Å²) in [5.74, 6) is 1.97. The molecule has 3 heterocycles. The van der Waals surface area contributed by atoms with Crippen LogP contribution in [0.25, 0.3) is 16.5 Å². The molecule has 0 aliphatic carbocycles. The van der Waals surface area contributed by atoms with Gasteiger partial charge in [-0.15, -0.1) is 0 Å². The summed E-state index contributed by atoms with van der Waals surface area (Å²) in [5, 5.41) is 13.4. The maximum absolute atomic E-state index is 5.64. The van der Waals surface area contributed by atoms with E-state index < -0.39 is 0 Å². The van der Waals surface area contributed by atoms with E-state index in [1.807, 2.05) is 50.6 Å². The molecule has 0 saturated carbocycles. The Balaban J connectivity index is 1.58. The topological polar surface area (TPSA) is 90.8 Å². The third-order valence-corrected chi connectivity index (χ3v) is 6.07. The predicted molar refractivity (Wildman–Crippen MR) is 139 cm³/mol. The number of hydrogen-bond acceptors (Lipinski definition) is 9. The molecule has 34 heavy (non-hydrogen) atoms. The molecule has 0 atom stereocenters. The van der Waals surface area contributed by atoms with E-state index in [1.54, 1.807) is 18.3 Å². The molecule has 1 aromatic carbocycles. The summed E-state index contributed by atoms with van der Waals surface area (Å²) < 4.78 is 5.64. The van der Waals surface area contributed by atoms with E-state index in [-0.39, 0.29) is 0 Å². The van der Waals surface area contributed by atoms with Crippen LogP contribution in [-0.2, 0) is 0 Å². The van der Waals surface area contributed by atoms with Gasteiger partial charge in [0.1, 0.15) is 11.3 Å². The van der Waals surface area contributed by atoms with E-state index in [1.165, 1.54) is 0 Å². The lowest BCUT2D eigenvalue weighted by atomic mass is 10.1.